The fourth-order valence-electron chi connectivity index (χ4n) is 2.15. The number of likely N-dealkylation sites (tertiary alicyclic amines) is 1. The van der Waals surface area contributed by atoms with E-state index in [0.29, 0.717) is 9.93 Å². The molecule has 98 valence electrons. The van der Waals surface area contributed by atoms with Crippen molar-refractivity contribution in [2.75, 3.05) is 13.1 Å². The van der Waals surface area contributed by atoms with Gasteiger partial charge in [-0.2, -0.15) is 4.99 Å². The molecule has 1 saturated heterocycles. The summed E-state index contributed by atoms with van der Waals surface area (Å²) in [6.45, 7) is 2.01. The van der Waals surface area contributed by atoms with Gasteiger partial charge >= 0.3 is 0 Å². The molecule has 0 spiro atoms. The van der Waals surface area contributed by atoms with Crippen LogP contribution in [0, 0.1) is 0 Å². The molecule has 0 aromatic heterocycles. The van der Waals surface area contributed by atoms with Crippen LogP contribution in [0.25, 0.3) is 6.08 Å². The molecule has 19 heavy (non-hydrogen) atoms. The lowest BCUT2D eigenvalue weighted by Crippen LogP contribution is -2.23. The summed E-state index contributed by atoms with van der Waals surface area (Å²) in [6.07, 6.45) is 4.24. The van der Waals surface area contributed by atoms with Gasteiger partial charge in [0.05, 0.1) is 4.91 Å². The van der Waals surface area contributed by atoms with Gasteiger partial charge in [0.15, 0.2) is 5.17 Å². The lowest BCUT2D eigenvalue weighted by molar-refractivity contribution is -0.113. The molecule has 0 bridgehead atoms. The molecule has 3 nitrogen and oxygen atoms in total. The van der Waals surface area contributed by atoms with Gasteiger partial charge in [-0.15, -0.1) is 0 Å². The smallest absolute Gasteiger partial charge is 0.286 e. The van der Waals surface area contributed by atoms with Gasteiger partial charge in [0, 0.05) is 18.1 Å². The third kappa shape index (κ3) is 2.85. The number of amidine groups is 1. The van der Waals surface area contributed by atoms with Crippen molar-refractivity contribution in [3.05, 3.63) is 39.8 Å². The summed E-state index contributed by atoms with van der Waals surface area (Å²) in [4.78, 5) is 18.9. The molecule has 0 atom stereocenters. The lowest BCUT2D eigenvalue weighted by Gasteiger charge is -2.14. The molecule has 1 fully saturated rings. The van der Waals surface area contributed by atoms with E-state index in [4.69, 9.17) is 11.6 Å². The van der Waals surface area contributed by atoms with Crippen LogP contribution in [0.1, 0.15) is 18.4 Å². The van der Waals surface area contributed by atoms with Gasteiger partial charge in [0.1, 0.15) is 0 Å². The number of nitrogens with zero attached hydrogens (tertiary/aromatic N) is 2. The van der Waals surface area contributed by atoms with Gasteiger partial charge in [0.25, 0.3) is 5.91 Å². The first-order valence-corrected chi connectivity index (χ1v) is 7.45. The van der Waals surface area contributed by atoms with Crippen molar-refractivity contribution >= 4 is 40.5 Å². The molecule has 0 N–H and O–H groups in total. The molecule has 2 heterocycles. The van der Waals surface area contributed by atoms with Crippen LogP contribution < -0.4 is 0 Å². The molecule has 1 aromatic carbocycles. The summed E-state index contributed by atoms with van der Waals surface area (Å²) in [6, 6.07) is 7.44. The predicted molar refractivity (Wildman–Crippen MR) is 80.3 cm³/mol. The molecule has 1 amide bonds. The summed E-state index contributed by atoms with van der Waals surface area (Å²) in [7, 11) is 0. The fraction of sp³-hybridized carbons (Fsp3) is 0.286. The normalized spacial score (nSPS) is 21.3. The Labute approximate surface area is 121 Å². The topological polar surface area (TPSA) is 32.7 Å². The van der Waals surface area contributed by atoms with Crippen LogP contribution in [-0.2, 0) is 4.79 Å². The summed E-state index contributed by atoms with van der Waals surface area (Å²) in [5.74, 6) is -0.137. The van der Waals surface area contributed by atoms with Gasteiger partial charge in [-0.05, 0) is 48.4 Å². The van der Waals surface area contributed by atoms with E-state index in [9.17, 15) is 4.79 Å². The van der Waals surface area contributed by atoms with Crippen LogP contribution in [0.15, 0.2) is 34.2 Å². The standard InChI is InChI=1S/C14H13ClN2OS/c15-11-5-3-10(4-6-11)9-12-13(18)16-14(19-12)17-7-1-2-8-17/h3-6,9H,1-2,7-8H2. The Bertz CT molecular complexity index is 559. The van der Waals surface area contributed by atoms with Gasteiger partial charge in [-0.3, -0.25) is 4.79 Å². The largest absolute Gasteiger partial charge is 0.351 e. The first-order chi connectivity index (χ1) is 9.22. The van der Waals surface area contributed by atoms with Crippen molar-refractivity contribution in [1.29, 1.82) is 0 Å². The number of carbonyl (C=O) groups excluding carboxylic acids is 1. The Kier molecular flexibility index (Phi) is 3.62. The maximum absolute atomic E-state index is 11.9. The molecule has 1 aromatic rings. The van der Waals surface area contributed by atoms with Gasteiger partial charge in [0.2, 0.25) is 0 Å². The van der Waals surface area contributed by atoms with Crippen LogP contribution in [0.5, 0.6) is 0 Å². The van der Waals surface area contributed by atoms with E-state index >= 15 is 0 Å². The van der Waals surface area contributed by atoms with Crippen LogP contribution in [0.3, 0.4) is 0 Å². The minimum atomic E-state index is -0.137. The molecular formula is C14H13ClN2OS. The van der Waals surface area contributed by atoms with Crippen molar-refractivity contribution in [2.45, 2.75) is 12.8 Å². The second-order valence-electron chi connectivity index (χ2n) is 4.56. The summed E-state index contributed by atoms with van der Waals surface area (Å²) >= 11 is 7.31. The van der Waals surface area contributed by atoms with Gasteiger partial charge < -0.3 is 4.90 Å². The molecule has 0 radical (unpaired) electrons. The number of halogens is 1. The van der Waals surface area contributed by atoms with E-state index in [1.54, 1.807) is 0 Å². The minimum absolute atomic E-state index is 0.137. The molecule has 5 heteroatoms. The zero-order valence-electron chi connectivity index (χ0n) is 10.3. The van der Waals surface area contributed by atoms with Gasteiger partial charge in [-0.1, -0.05) is 23.7 Å². The first-order valence-electron chi connectivity index (χ1n) is 6.25. The lowest BCUT2D eigenvalue weighted by atomic mass is 10.2. The van der Waals surface area contributed by atoms with E-state index in [-0.39, 0.29) is 5.91 Å². The monoisotopic (exact) mass is 292 g/mol. The van der Waals surface area contributed by atoms with E-state index in [2.05, 4.69) is 9.89 Å². The molecule has 0 aliphatic carbocycles. The van der Waals surface area contributed by atoms with E-state index in [1.807, 2.05) is 30.3 Å². The minimum Gasteiger partial charge on any atom is -0.351 e. The van der Waals surface area contributed by atoms with Gasteiger partial charge in [-0.25, -0.2) is 0 Å². The highest BCUT2D eigenvalue weighted by molar-refractivity contribution is 8.18. The third-order valence-corrected chi connectivity index (χ3v) is 4.45. The highest BCUT2D eigenvalue weighted by atomic mass is 35.5. The van der Waals surface area contributed by atoms with Crippen molar-refractivity contribution in [2.24, 2.45) is 4.99 Å². The van der Waals surface area contributed by atoms with E-state index in [1.165, 1.54) is 24.6 Å². The number of rotatable bonds is 1. The second kappa shape index (κ2) is 5.39. The Balaban J connectivity index is 1.77. The molecule has 2 aliphatic rings. The van der Waals surface area contributed by atoms with Crippen molar-refractivity contribution in [3.63, 3.8) is 0 Å². The first kappa shape index (κ1) is 12.8. The van der Waals surface area contributed by atoms with Crippen molar-refractivity contribution in [1.82, 2.24) is 4.90 Å². The van der Waals surface area contributed by atoms with E-state index < -0.39 is 0 Å². The number of amides is 1. The summed E-state index contributed by atoms with van der Waals surface area (Å²) in [5.41, 5.74) is 0.970. The Hall–Kier alpha value is -1.26. The van der Waals surface area contributed by atoms with Crippen molar-refractivity contribution < 1.29 is 4.79 Å². The Morgan fingerprint density at radius 3 is 2.58 bits per heavy atom. The number of hydrogen-bond donors (Lipinski definition) is 0. The average molecular weight is 293 g/mol. The highest BCUT2D eigenvalue weighted by Crippen LogP contribution is 2.31. The summed E-state index contributed by atoms with van der Waals surface area (Å²) in [5, 5.41) is 1.55. The Morgan fingerprint density at radius 2 is 1.89 bits per heavy atom. The fourth-order valence-corrected chi connectivity index (χ4v) is 3.24. The SMILES string of the molecule is O=C1N=C(N2CCCC2)SC1=Cc1ccc(Cl)cc1. The maximum atomic E-state index is 11.9. The quantitative estimate of drug-likeness (QED) is 0.744. The van der Waals surface area contributed by atoms with Crippen LogP contribution >= 0.6 is 23.4 Å². The second-order valence-corrected chi connectivity index (χ2v) is 6.00. The predicted octanol–water partition coefficient (Wildman–Crippen LogP) is 3.41. The molecule has 3 rings (SSSR count). The molecule has 2 aliphatic heterocycles. The number of aliphatic imine (C=N–C) groups is 1. The Morgan fingerprint density at radius 1 is 1.21 bits per heavy atom. The number of benzene rings is 1. The zero-order valence-corrected chi connectivity index (χ0v) is 11.9. The summed E-state index contributed by atoms with van der Waals surface area (Å²) < 4.78 is 0. The van der Waals surface area contributed by atoms with Crippen LogP contribution in [-0.4, -0.2) is 29.1 Å². The number of carbonyl (C=O) groups is 1. The van der Waals surface area contributed by atoms with E-state index in [0.717, 1.165) is 23.8 Å². The van der Waals surface area contributed by atoms with Crippen LogP contribution in [0.4, 0.5) is 0 Å². The molecule has 0 saturated carbocycles. The van der Waals surface area contributed by atoms with Crippen molar-refractivity contribution in [3.8, 4) is 0 Å². The zero-order chi connectivity index (χ0) is 13.2. The number of hydrogen-bond acceptors (Lipinski definition) is 3. The molecular weight excluding hydrogens is 280 g/mol. The highest BCUT2D eigenvalue weighted by Gasteiger charge is 2.27. The van der Waals surface area contributed by atoms with Crippen LogP contribution in [0.2, 0.25) is 5.02 Å². The number of thioether (sulfide) groups is 1. The molecule has 0 unspecified atom stereocenters. The third-order valence-electron chi connectivity index (χ3n) is 3.15. The average Bonchev–Trinajstić information content (AvgIpc) is 3.03. The maximum Gasteiger partial charge on any atom is 0.286 e.